The molecule has 0 aliphatic carbocycles. The summed E-state index contributed by atoms with van der Waals surface area (Å²) >= 11 is 5.72. The molecule has 0 fully saturated rings. The van der Waals surface area contributed by atoms with E-state index in [4.69, 9.17) is 16.3 Å². The van der Waals surface area contributed by atoms with E-state index in [1.807, 2.05) is 0 Å². The number of amides is 1. The van der Waals surface area contributed by atoms with Crippen LogP contribution in [0.3, 0.4) is 0 Å². The Hall–Kier alpha value is -2.47. The first-order chi connectivity index (χ1) is 10.9. The molecule has 0 radical (unpaired) electrons. The minimum Gasteiger partial charge on any atom is -0.449 e. The van der Waals surface area contributed by atoms with E-state index in [9.17, 15) is 18.4 Å². The summed E-state index contributed by atoms with van der Waals surface area (Å²) in [4.78, 5) is 23.7. The molecule has 0 unspecified atom stereocenters. The Morgan fingerprint density at radius 1 is 1.09 bits per heavy atom. The predicted molar refractivity (Wildman–Crippen MR) is 81.3 cm³/mol. The van der Waals surface area contributed by atoms with Crippen molar-refractivity contribution in [3.8, 4) is 0 Å². The van der Waals surface area contributed by atoms with Gasteiger partial charge in [0.2, 0.25) is 0 Å². The number of hydrogen-bond donors (Lipinski definition) is 1. The van der Waals surface area contributed by atoms with E-state index in [0.717, 1.165) is 18.2 Å². The number of ether oxygens (including phenoxy) is 1. The average Bonchev–Trinajstić information content (AvgIpc) is 2.49. The Morgan fingerprint density at radius 2 is 1.65 bits per heavy atom. The summed E-state index contributed by atoms with van der Waals surface area (Å²) in [5.41, 5.74) is -0.391. The number of carbonyl (C=O) groups excluding carboxylic acids is 2. The van der Waals surface area contributed by atoms with E-state index in [0.29, 0.717) is 10.7 Å². The molecule has 2 aromatic rings. The lowest BCUT2D eigenvalue weighted by Crippen LogP contribution is -2.30. The van der Waals surface area contributed by atoms with Crippen molar-refractivity contribution in [3.63, 3.8) is 0 Å². The number of rotatable bonds is 4. The summed E-state index contributed by atoms with van der Waals surface area (Å²) in [6, 6.07) is 9.25. The zero-order valence-corrected chi connectivity index (χ0v) is 12.7. The molecular formula is C16H12ClF2NO3. The summed E-state index contributed by atoms with van der Waals surface area (Å²) in [7, 11) is 0. The lowest BCUT2D eigenvalue weighted by atomic mass is 10.2. The van der Waals surface area contributed by atoms with Gasteiger partial charge in [0.25, 0.3) is 5.91 Å². The summed E-state index contributed by atoms with van der Waals surface area (Å²) < 4.78 is 31.8. The molecule has 4 nitrogen and oxygen atoms in total. The largest absolute Gasteiger partial charge is 0.449 e. The molecule has 0 heterocycles. The highest BCUT2D eigenvalue weighted by Crippen LogP contribution is 2.16. The van der Waals surface area contributed by atoms with Gasteiger partial charge in [-0.05, 0) is 43.3 Å². The topological polar surface area (TPSA) is 55.4 Å². The standard InChI is InChI=1S/C16H12ClF2NO3/c1-9(15(21)20-11-7-5-10(17)6-8-11)23-16(22)14-12(18)3-2-4-13(14)19/h2-9H,1H3,(H,20,21)/t9-/m1/s1. The monoisotopic (exact) mass is 339 g/mol. The number of halogens is 3. The van der Waals surface area contributed by atoms with Gasteiger partial charge in [0.1, 0.15) is 17.2 Å². The van der Waals surface area contributed by atoms with Gasteiger partial charge in [0.05, 0.1) is 0 Å². The van der Waals surface area contributed by atoms with Crippen LogP contribution in [0.5, 0.6) is 0 Å². The van der Waals surface area contributed by atoms with Crippen LogP contribution in [0.25, 0.3) is 0 Å². The predicted octanol–water partition coefficient (Wildman–Crippen LogP) is 3.80. The number of benzene rings is 2. The molecule has 0 spiro atoms. The maximum Gasteiger partial charge on any atom is 0.344 e. The molecule has 0 saturated heterocycles. The van der Waals surface area contributed by atoms with Crippen molar-refractivity contribution in [2.75, 3.05) is 5.32 Å². The highest BCUT2D eigenvalue weighted by molar-refractivity contribution is 6.30. The number of nitrogens with one attached hydrogen (secondary N) is 1. The van der Waals surface area contributed by atoms with Crippen LogP contribution in [0.4, 0.5) is 14.5 Å². The fourth-order valence-corrected chi connectivity index (χ4v) is 1.87. The van der Waals surface area contributed by atoms with Crippen molar-refractivity contribution >= 4 is 29.2 Å². The van der Waals surface area contributed by atoms with Gasteiger partial charge in [0, 0.05) is 10.7 Å². The Bertz CT molecular complexity index is 714. The first kappa shape index (κ1) is 16.9. The van der Waals surface area contributed by atoms with E-state index < -0.39 is 35.2 Å². The molecule has 1 amide bonds. The van der Waals surface area contributed by atoms with Gasteiger partial charge in [-0.2, -0.15) is 0 Å². The minimum atomic E-state index is -1.25. The second-order valence-electron chi connectivity index (χ2n) is 4.64. The summed E-state index contributed by atoms with van der Waals surface area (Å²) in [5, 5.41) is 2.99. The highest BCUT2D eigenvalue weighted by Gasteiger charge is 2.24. The second-order valence-corrected chi connectivity index (χ2v) is 5.08. The lowest BCUT2D eigenvalue weighted by Gasteiger charge is -2.14. The Labute approximate surface area is 136 Å². The fraction of sp³-hybridized carbons (Fsp3) is 0.125. The van der Waals surface area contributed by atoms with Crippen LogP contribution in [0.2, 0.25) is 5.02 Å². The molecule has 1 atom stereocenters. The zero-order valence-electron chi connectivity index (χ0n) is 12.0. The van der Waals surface area contributed by atoms with Crippen LogP contribution in [0.1, 0.15) is 17.3 Å². The van der Waals surface area contributed by atoms with E-state index in [2.05, 4.69) is 5.32 Å². The number of esters is 1. The number of carbonyl (C=O) groups is 2. The normalized spacial score (nSPS) is 11.7. The first-order valence-electron chi connectivity index (χ1n) is 6.60. The molecule has 0 saturated carbocycles. The molecule has 0 aliphatic rings. The van der Waals surface area contributed by atoms with Gasteiger partial charge in [-0.25, -0.2) is 13.6 Å². The van der Waals surface area contributed by atoms with E-state index >= 15 is 0 Å². The maximum atomic E-state index is 13.5. The first-order valence-corrected chi connectivity index (χ1v) is 6.97. The van der Waals surface area contributed by atoms with Gasteiger partial charge in [-0.3, -0.25) is 4.79 Å². The van der Waals surface area contributed by atoms with Crippen molar-refractivity contribution < 1.29 is 23.1 Å². The smallest absolute Gasteiger partial charge is 0.344 e. The van der Waals surface area contributed by atoms with Gasteiger partial charge >= 0.3 is 5.97 Å². The summed E-state index contributed by atoms with van der Waals surface area (Å²) in [6.45, 7) is 1.29. The molecule has 2 rings (SSSR count). The third-order valence-corrected chi connectivity index (χ3v) is 3.18. The average molecular weight is 340 g/mol. The molecule has 0 aliphatic heterocycles. The van der Waals surface area contributed by atoms with Crippen molar-refractivity contribution in [1.82, 2.24) is 0 Å². The summed E-state index contributed by atoms with van der Waals surface area (Å²) in [5.74, 6) is -4.00. The van der Waals surface area contributed by atoms with E-state index in [1.54, 1.807) is 24.3 Å². The number of anilines is 1. The molecule has 7 heteroatoms. The van der Waals surface area contributed by atoms with Crippen molar-refractivity contribution in [1.29, 1.82) is 0 Å². The third kappa shape index (κ3) is 4.26. The van der Waals surface area contributed by atoms with Crippen molar-refractivity contribution in [2.45, 2.75) is 13.0 Å². The maximum absolute atomic E-state index is 13.5. The van der Waals surface area contributed by atoms with Crippen LogP contribution in [-0.2, 0) is 9.53 Å². The SMILES string of the molecule is C[C@@H](OC(=O)c1c(F)cccc1F)C(=O)Nc1ccc(Cl)cc1. The molecule has 120 valence electrons. The Kier molecular flexibility index (Phi) is 5.28. The lowest BCUT2D eigenvalue weighted by molar-refractivity contribution is -0.123. The van der Waals surface area contributed by atoms with Gasteiger partial charge in [-0.1, -0.05) is 17.7 Å². The van der Waals surface area contributed by atoms with Crippen LogP contribution >= 0.6 is 11.6 Å². The van der Waals surface area contributed by atoms with Crippen molar-refractivity contribution in [3.05, 3.63) is 64.7 Å². The molecule has 0 bridgehead atoms. The van der Waals surface area contributed by atoms with Crippen LogP contribution in [-0.4, -0.2) is 18.0 Å². The Balaban J connectivity index is 2.03. The van der Waals surface area contributed by atoms with E-state index in [1.165, 1.54) is 6.92 Å². The molecular weight excluding hydrogens is 328 g/mol. The second kappa shape index (κ2) is 7.19. The number of hydrogen-bond acceptors (Lipinski definition) is 3. The molecule has 2 aromatic carbocycles. The van der Waals surface area contributed by atoms with Crippen LogP contribution < -0.4 is 5.32 Å². The molecule has 0 aromatic heterocycles. The van der Waals surface area contributed by atoms with Crippen LogP contribution in [0, 0.1) is 11.6 Å². The summed E-state index contributed by atoms with van der Waals surface area (Å²) in [6.07, 6.45) is -1.24. The zero-order chi connectivity index (χ0) is 17.0. The van der Waals surface area contributed by atoms with Crippen LogP contribution in [0.15, 0.2) is 42.5 Å². The van der Waals surface area contributed by atoms with Gasteiger partial charge in [0.15, 0.2) is 6.10 Å². The van der Waals surface area contributed by atoms with Gasteiger partial charge < -0.3 is 10.1 Å². The fourth-order valence-electron chi connectivity index (χ4n) is 1.74. The molecule has 1 N–H and O–H groups in total. The van der Waals surface area contributed by atoms with Gasteiger partial charge in [-0.15, -0.1) is 0 Å². The third-order valence-electron chi connectivity index (χ3n) is 2.93. The van der Waals surface area contributed by atoms with Crippen molar-refractivity contribution in [2.24, 2.45) is 0 Å². The quantitative estimate of drug-likeness (QED) is 0.862. The highest BCUT2D eigenvalue weighted by atomic mass is 35.5. The van der Waals surface area contributed by atoms with E-state index in [-0.39, 0.29) is 0 Å². The Morgan fingerprint density at radius 3 is 2.22 bits per heavy atom. The minimum absolute atomic E-state index is 0.444. The molecule has 23 heavy (non-hydrogen) atoms.